The van der Waals surface area contributed by atoms with E-state index in [1.807, 2.05) is 6.07 Å². The number of aromatic amines is 1. The van der Waals surface area contributed by atoms with Gasteiger partial charge in [0.05, 0.1) is 11.6 Å². The smallest absolute Gasteiger partial charge is 0.290 e. The molecule has 2 aliphatic rings. The first kappa shape index (κ1) is 16.9. The number of hydrogen-bond acceptors (Lipinski definition) is 6. The molecule has 2 fully saturated rings. The highest BCUT2D eigenvalue weighted by Gasteiger charge is 2.43. The van der Waals surface area contributed by atoms with Crippen LogP contribution in [0.25, 0.3) is 22.0 Å². The number of hydrogen-bond donors (Lipinski definition) is 4. The van der Waals surface area contributed by atoms with Crippen molar-refractivity contribution in [2.24, 2.45) is 0 Å². The molecule has 3 aromatic rings. The summed E-state index contributed by atoms with van der Waals surface area (Å²) in [5.41, 5.74) is 3.75. The number of nitrogens with one attached hydrogen (secondary N) is 3. The van der Waals surface area contributed by atoms with Gasteiger partial charge in [0.2, 0.25) is 5.78 Å². The summed E-state index contributed by atoms with van der Waals surface area (Å²) in [6.45, 7) is 0.706. The molecule has 2 aromatic heterocycles. The van der Waals surface area contributed by atoms with Crippen molar-refractivity contribution in [2.45, 2.75) is 24.5 Å². The van der Waals surface area contributed by atoms with Crippen molar-refractivity contribution in [3.05, 3.63) is 40.7 Å². The van der Waals surface area contributed by atoms with E-state index >= 15 is 0 Å². The number of thiophene rings is 1. The normalized spacial score (nSPS) is 23.6. The van der Waals surface area contributed by atoms with Gasteiger partial charge < -0.3 is 15.7 Å². The lowest BCUT2D eigenvalue weighted by Gasteiger charge is -2.22. The summed E-state index contributed by atoms with van der Waals surface area (Å²) < 4.78 is 0. The van der Waals surface area contributed by atoms with Gasteiger partial charge in [-0.05, 0) is 46.5 Å². The fraction of sp³-hybridized carbons (Fsp3) is 0.278. The first-order chi connectivity index (χ1) is 12.7. The van der Waals surface area contributed by atoms with E-state index in [0.29, 0.717) is 11.7 Å². The maximum atomic E-state index is 12.9. The van der Waals surface area contributed by atoms with Gasteiger partial charge in [-0.25, -0.2) is 0 Å². The molecule has 2 bridgehead atoms. The molecular formula is C18H18N4O3S. The van der Waals surface area contributed by atoms with Gasteiger partial charge in [-0.1, -0.05) is 6.07 Å². The number of carboxylic acid groups (broad SMARTS) is 1. The Bertz CT molecular complexity index is 937. The molecule has 3 atom stereocenters. The molecule has 0 aliphatic carbocycles. The Morgan fingerprint density at radius 2 is 2.15 bits per heavy atom. The van der Waals surface area contributed by atoms with Crippen molar-refractivity contribution in [1.82, 2.24) is 20.8 Å². The van der Waals surface area contributed by atoms with Crippen LogP contribution in [0.2, 0.25) is 0 Å². The minimum atomic E-state index is -0.250. The minimum Gasteiger partial charge on any atom is -0.483 e. The molecule has 1 aromatic carbocycles. The van der Waals surface area contributed by atoms with E-state index in [9.17, 15) is 4.79 Å². The van der Waals surface area contributed by atoms with Crippen LogP contribution in [0, 0.1) is 0 Å². The Kier molecular flexibility index (Phi) is 4.54. The largest absolute Gasteiger partial charge is 0.483 e. The Morgan fingerprint density at radius 3 is 2.81 bits per heavy atom. The number of aromatic nitrogens is 2. The van der Waals surface area contributed by atoms with E-state index in [1.54, 1.807) is 11.3 Å². The van der Waals surface area contributed by atoms with E-state index in [2.05, 4.69) is 49.8 Å². The van der Waals surface area contributed by atoms with Gasteiger partial charge in [-0.2, -0.15) is 16.4 Å². The van der Waals surface area contributed by atoms with Crippen molar-refractivity contribution < 1.29 is 14.7 Å². The van der Waals surface area contributed by atoms with Crippen LogP contribution >= 0.6 is 11.3 Å². The van der Waals surface area contributed by atoms with Gasteiger partial charge in [0.15, 0.2) is 0 Å². The third-order valence-corrected chi connectivity index (χ3v) is 5.60. The molecule has 26 heavy (non-hydrogen) atoms. The molecular weight excluding hydrogens is 352 g/mol. The van der Waals surface area contributed by atoms with Gasteiger partial charge >= 0.3 is 0 Å². The number of carbonyl (C=O) groups is 2. The van der Waals surface area contributed by atoms with Crippen molar-refractivity contribution in [2.75, 3.05) is 6.54 Å². The third-order valence-electron chi connectivity index (χ3n) is 4.92. The number of fused-ring (bicyclic) bond motifs is 3. The molecule has 8 heteroatoms. The fourth-order valence-corrected chi connectivity index (χ4v) is 4.40. The summed E-state index contributed by atoms with van der Waals surface area (Å²) in [4.78, 5) is 21.3. The van der Waals surface area contributed by atoms with Gasteiger partial charge in [-0.15, -0.1) is 0 Å². The Morgan fingerprint density at radius 1 is 1.31 bits per heavy atom. The van der Waals surface area contributed by atoms with Crippen LogP contribution in [0.3, 0.4) is 0 Å². The zero-order valence-corrected chi connectivity index (χ0v) is 14.6. The molecule has 7 nitrogen and oxygen atoms in total. The molecule has 0 spiro atoms. The SMILES string of the molecule is O=C(c1n[nH]c2ccc(-c3ccsc3)cc12)C1N[C@@H]2CN[C@@H]1C2.O=CO. The molecule has 0 saturated carbocycles. The highest BCUT2D eigenvalue weighted by atomic mass is 32.1. The van der Waals surface area contributed by atoms with Crippen LogP contribution in [0.1, 0.15) is 16.9 Å². The van der Waals surface area contributed by atoms with Gasteiger partial charge in [0.25, 0.3) is 6.47 Å². The van der Waals surface area contributed by atoms with Crippen LogP contribution in [-0.2, 0) is 4.79 Å². The molecule has 4 heterocycles. The quantitative estimate of drug-likeness (QED) is 0.414. The average Bonchev–Trinajstić information content (AvgIpc) is 3.45. The lowest BCUT2D eigenvalue weighted by Crippen LogP contribution is -2.52. The van der Waals surface area contributed by atoms with E-state index in [-0.39, 0.29) is 24.3 Å². The highest BCUT2D eigenvalue weighted by Crippen LogP contribution is 2.29. The first-order valence-electron chi connectivity index (χ1n) is 8.33. The molecule has 4 N–H and O–H groups in total. The Hall–Kier alpha value is -2.55. The Balaban J connectivity index is 0.000000527. The molecule has 2 aliphatic heterocycles. The average molecular weight is 370 g/mol. The summed E-state index contributed by atoms with van der Waals surface area (Å²) in [7, 11) is 0. The second kappa shape index (κ2) is 6.99. The molecule has 2 saturated heterocycles. The number of nitrogens with zero attached hydrogens (tertiary/aromatic N) is 1. The summed E-state index contributed by atoms with van der Waals surface area (Å²) in [6.07, 6.45) is 1.03. The fourth-order valence-electron chi connectivity index (χ4n) is 3.73. The van der Waals surface area contributed by atoms with E-state index in [0.717, 1.165) is 29.4 Å². The molecule has 0 radical (unpaired) electrons. The topological polar surface area (TPSA) is 107 Å². The number of H-pyrrole nitrogens is 1. The van der Waals surface area contributed by atoms with Crippen LogP contribution in [-0.4, -0.2) is 52.2 Å². The monoisotopic (exact) mass is 370 g/mol. The summed E-state index contributed by atoms with van der Waals surface area (Å²) in [5, 5.41) is 26.1. The lowest BCUT2D eigenvalue weighted by atomic mass is 9.99. The summed E-state index contributed by atoms with van der Waals surface area (Å²) in [5.74, 6) is 0.0819. The predicted molar refractivity (Wildman–Crippen MR) is 99.5 cm³/mol. The maximum Gasteiger partial charge on any atom is 0.290 e. The van der Waals surface area contributed by atoms with Gasteiger partial charge in [-0.3, -0.25) is 14.7 Å². The van der Waals surface area contributed by atoms with Crippen molar-refractivity contribution in [3.63, 3.8) is 0 Å². The zero-order chi connectivity index (χ0) is 18.1. The highest BCUT2D eigenvalue weighted by molar-refractivity contribution is 7.08. The number of Topliss-reactive ketones (excluding diaryl/α,β-unsaturated/α-hetero) is 1. The van der Waals surface area contributed by atoms with Crippen LogP contribution in [0.15, 0.2) is 35.0 Å². The minimum absolute atomic E-state index is 0.0819. The van der Waals surface area contributed by atoms with Crippen LogP contribution in [0.4, 0.5) is 0 Å². The van der Waals surface area contributed by atoms with E-state index < -0.39 is 0 Å². The Labute approximate surface area is 153 Å². The van der Waals surface area contributed by atoms with Gasteiger partial charge in [0.1, 0.15) is 5.69 Å². The second-order valence-corrected chi connectivity index (χ2v) is 7.19. The summed E-state index contributed by atoms with van der Waals surface area (Å²) >= 11 is 1.67. The number of rotatable bonds is 3. The van der Waals surface area contributed by atoms with Crippen LogP contribution in [0.5, 0.6) is 0 Å². The lowest BCUT2D eigenvalue weighted by molar-refractivity contribution is -0.122. The van der Waals surface area contributed by atoms with Crippen molar-refractivity contribution >= 4 is 34.5 Å². The number of carbonyl (C=O) groups excluding carboxylic acids is 1. The predicted octanol–water partition coefficient (Wildman–Crippen LogP) is 1.88. The number of piperazine rings is 1. The molecule has 0 amide bonds. The third kappa shape index (κ3) is 2.92. The second-order valence-electron chi connectivity index (χ2n) is 6.41. The molecule has 134 valence electrons. The van der Waals surface area contributed by atoms with Crippen molar-refractivity contribution in [3.8, 4) is 11.1 Å². The maximum absolute atomic E-state index is 12.9. The molecule has 1 unspecified atom stereocenters. The molecule has 5 rings (SSSR count). The summed E-state index contributed by atoms with van der Waals surface area (Å²) in [6, 6.07) is 8.71. The number of benzene rings is 1. The first-order valence-corrected chi connectivity index (χ1v) is 9.27. The van der Waals surface area contributed by atoms with Gasteiger partial charge in [0, 0.05) is 24.0 Å². The van der Waals surface area contributed by atoms with E-state index in [4.69, 9.17) is 9.90 Å². The number of ketones is 1. The standard InChI is InChI=1S/C17H16N4OS.CH2O2/c22-17(16-14-6-11(19-16)7-18-14)15-12-5-9(10-3-4-23-8-10)1-2-13(12)20-21-15;2-1-3/h1-5,8,11,14,16,18-19H,6-7H2,(H,20,21);1H,(H,2,3)/t11-,14+,16?;/m0./s1. The zero-order valence-electron chi connectivity index (χ0n) is 13.8. The van der Waals surface area contributed by atoms with Crippen molar-refractivity contribution in [1.29, 1.82) is 0 Å². The van der Waals surface area contributed by atoms with E-state index in [1.165, 1.54) is 5.56 Å². The van der Waals surface area contributed by atoms with Crippen LogP contribution < -0.4 is 10.6 Å².